The number of aryl methyl sites for hydroxylation is 1. The lowest BCUT2D eigenvalue weighted by Crippen LogP contribution is -2.29. The summed E-state index contributed by atoms with van der Waals surface area (Å²) in [7, 11) is 1.60. The van der Waals surface area contributed by atoms with E-state index in [9.17, 15) is 9.59 Å². The van der Waals surface area contributed by atoms with Crippen molar-refractivity contribution < 1.29 is 9.53 Å². The van der Waals surface area contributed by atoms with Gasteiger partial charge in [0, 0.05) is 25.6 Å². The minimum atomic E-state index is -0.163. The van der Waals surface area contributed by atoms with Crippen LogP contribution in [0.15, 0.2) is 59.4 Å². The van der Waals surface area contributed by atoms with E-state index in [1.807, 2.05) is 55.5 Å². The van der Waals surface area contributed by atoms with Crippen LogP contribution in [0.5, 0.6) is 0 Å². The Morgan fingerprint density at radius 1 is 1.11 bits per heavy atom. The van der Waals surface area contributed by atoms with Gasteiger partial charge in [0.25, 0.3) is 5.56 Å². The molecule has 1 unspecified atom stereocenters. The van der Waals surface area contributed by atoms with E-state index in [2.05, 4.69) is 10.4 Å². The van der Waals surface area contributed by atoms with Crippen molar-refractivity contribution in [2.75, 3.05) is 13.2 Å². The zero-order valence-electron chi connectivity index (χ0n) is 16.2. The van der Waals surface area contributed by atoms with Gasteiger partial charge >= 0.3 is 0 Å². The number of hydrogen-bond donors (Lipinski definition) is 1. The van der Waals surface area contributed by atoms with Crippen LogP contribution in [0.4, 0.5) is 0 Å². The maximum atomic E-state index is 12.3. The molecule has 0 bridgehead atoms. The van der Waals surface area contributed by atoms with Gasteiger partial charge in [-0.05, 0) is 25.0 Å². The summed E-state index contributed by atoms with van der Waals surface area (Å²) < 4.78 is 7.09. The first-order chi connectivity index (χ1) is 13.6. The van der Waals surface area contributed by atoms with E-state index in [4.69, 9.17) is 4.74 Å². The number of benzene rings is 2. The molecule has 0 saturated carbocycles. The van der Waals surface area contributed by atoms with Crippen LogP contribution in [-0.2, 0) is 23.0 Å². The van der Waals surface area contributed by atoms with Crippen LogP contribution < -0.4 is 10.9 Å². The molecular weight excluding hydrogens is 354 g/mol. The Hall–Kier alpha value is -2.99. The summed E-state index contributed by atoms with van der Waals surface area (Å²) in [5.74, 6) is -0.118. The molecule has 146 valence electrons. The normalized spacial score (nSPS) is 12.1. The van der Waals surface area contributed by atoms with Crippen LogP contribution in [0.3, 0.4) is 0 Å². The second kappa shape index (κ2) is 9.28. The molecule has 1 amide bonds. The number of carbonyl (C=O) groups is 1. The van der Waals surface area contributed by atoms with E-state index in [-0.39, 0.29) is 24.0 Å². The van der Waals surface area contributed by atoms with E-state index < -0.39 is 0 Å². The van der Waals surface area contributed by atoms with Gasteiger partial charge in [-0.3, -0.25) is 9.59 Å². The highest BCUT2D eigenvalue weighted by Crippen LogP contribution is 2.16. The number of hydrogen-bond acceptors (Lipinski definition) is 4. The van der Waals surface area contributed by atoms with Crippen molar-refractivity contribution >= 4 is 16.7 Å². The molecule has 1 N–H and O–H groups in total. The number of fused-ring (bicyclic) bond motifs is 1. The second-order valence-corrected chi connectivity index (χ2v) is 6.73. The molecule has 6 nitrogen and oxygen atoms in total. The van der Waals surface area contributed by atoms with Crippen molar-refractivity contribution in [3.8, 4) is 0 Å². The van der Waals surface area contributed by atoms with Crippen molar-refractivity contribution in [1.82, 2.24) is 15.1 Å². The number of rotatable bonds is 8. The van der Waals surface area contributed by atoms with E-state index in [1.165, 1.54) is 4.68 Å². The zero-order valence-corrected chi connectivity index (χ0v) is 16.2. The number of carbonyl (C=O) groups excluding carboxylic acids is 1. The van der Waals surface area contributed by atoms with Gasteiger partial charge in [0.2, 0.25) is 5.91 Å². The van der Waals surface area contributed by atoms with Gasteiger partial charge < -0.3 is 10.1 Å². The van der Waals surface area contributed by atoms with Crippen LogP contribution in [0.2, 0.25) is 0 Å². The molecule has 1 atom stereocenters. The van der Waals surface area contributed by atoms with Crippen molar-refractivity contribution in [3.05, 3.63) is 76.2 Å². The molecule has 0 saturated heterocycles. The molecule has 1 aromatic heterocycles. The van der Waals surface area contributed by atoms with Gasteiger partial charge in [0.05, 0.1) is 23.6 Å². The Morgan fingerprint density at radius 2 is 1.79 bits per heavy atom. The predicted molar refractivity (Wildman–Crippen MR) is 109 cm³/mol. The summed E-state index contributed by atoms with van der Waals surface area (Å²) in [6, 6.07) is 17.3. The average Bonchev–Trinajstić information content (AvgIpc) is 2.72. The van der Waals surface area contributed by atoms with Crippen LogP contribution >= 0.6 is 0 Å². The standard InChI is InChI=1S/C22H25N3O3/c1-16(17-9-4-3-5-10-17)28-14-8-13-23-21(26)15-20-18-11-6-7-12-19(18)22(27)25(2)24-20/h3-7,9-12,16H,8,13-15H2,1-2H3,(H,23,26). The molecule has 0 spiro atoms. The van der Waals surface area contributed by atoms with Crippen LogP contribution in [0.25, 0.3) is 10.8 Å². The molecule has 0 radical (unpaired) electrons. The summed E-state index contributed by atoms with van der Waals surface area (Å²) in [4.78, 5) is 24.4. The van der Waals surface area contributed by atoms with Crippen LogP contribution in [0, 0.1) is 0 Å². The van der Waals surface area contributed by atoms with E-state index in [1.54, 1.807) is 13.1 Å². The third-order valence-corrected chi connectivity index (χ3v) is 4.64. The van der Waals surface area contributed by atoms with E-state index in [0.29, 0.717) is 24.2 Å². The van der Waals surface area contributed by atoms with Gasteiger partial charge in [-0.2, -0.15) is 5.10 Å². The largest absolute Gasteiger partial charge is 0.374 e. The molecule has 1 heterocycles. The first-order valence-corrected chi connectivity index (χ1v) is 9.44. The first kappa shape index (κ1) is 19.8. The molecule has 2 aromatic carbocycles. The lowest BCUT2D eigenvalue weighted by molar-refractivity contribution is -0.120. The lowest BCUT2D eigenvalue weighted by Gasteiger charge is -2.13. The number of aromatic nitrogens is 2. The third kappa shape index (κ3) is 4.84. The highest BCUT2D eigenvalue weighted by atomic mass is 16.5. The van der Waals surface area contributed by atoms with Crippen molar-refractivity contribution in [2.45, 2.75) is 25.9 Å². The quantitative estimate of drug-likeness (QED) is 0.611. The summed E-state index contributed by atoms with van der Waals surface area (Å²) in [5, 5.41) is 8.46. The number of ether oxygens (including phenoxy) is 1. The first-order valence-electron chi connectivity index (χ1n) is 9.44. The molecule has 28 heavy (non-hydrogen) atoms. The fourth-order valence-electron chi connectivity index (χ4n) is 3.10. The van der Waals surface area contributed by atoms with Gasteiger partial charge in [0.15, 0.2) is 0 Å². The third-order valence-electron chi connectivity index (χ3n) is 4.64. The van der Waals surface area contributed by atoms with Crippen LogP contribution in [-0.4, -0.2) is 28.8 Å². The Bertz CT molecular complexity index is 999. The molecule has 0 aliphatic heterocycles. The van der Waals surface area contributed by atoms with Crippen molar-refractivity contribution in [3.63, 3.8) is 0 Å². The molecule has 3 aromatic rings. The summed E-state index contributed by atoms with van der Waals surface area (Å²) in [6.07, 6.45) is 0.887. The van der Waals surface area contributed by atoms with Crippen molar-refractivity contribution in [1.29, 1.82) is 0 Å². The zero-order chi connectivity index (χ0) is 19.9. The Morgan fingerprint density at radius 3 is 2.54 bits per heavy atom. The molecule has 6 heteroatoms. The van der Waals surface area contributed by atoms with Gasteiger partial charge in [-0.1, -0.05) is 48.5 Å². The average molecular weight is 379 g/mol. The predicted octanol–water partition coefficient (Wildman–Crippen LogP) is 2.76. The number of nitrogens with zero attached hydrogens (tertiary/aromatic N) is 2. The van der Waals surface area contributed by atoms with Gasteiger partial charge in [0.1, 0.15) is 0 Å². The molecule has 3 rings (SSSR count). The Labute approximate surface area is 164 Å². The second-order valence-electron chi connectivity index (χ2n) is 6.73. The topological polar surface area (TPSA) is 73.2 Å². The molecule has 0 aliphatic carbocycles. The van der Waals surface area contributed by atoms with Gasteiger partial charge in [-0.25, -0.2) is 4.68 Å². The summed E-state index contributed by atoms with van der Waals surface area (Å²) >= 11 is 0. The fraction of sp³-hybridized carbons (Fsp3) is 0.318. The van der Waals surface area contributed by atoms with E-state index >= 15 is 0 Å². The number of amides is 1. The highest BCUT2D eigenvalue weighted by molar-refractivity contribution is 5.88. The smallest absolute Gasteiger partial charge is 0.274 e. The summed E-state index contributed by atoms with van der Waals surface area (Å²) in [6.45, 7) is 3.12. The lowest BCUT2D eigenvalue weighted by atomic mass is 10.1. The van der Waals surface area contributed by atoms with Crippen LogP contribution in [0.1, 0.15) is 30.7 Å². The maximum absolute atomic E-state index is 12.3. The number of nitrogens with one attached hydrogen (secondary N) is 1. The minimum Gasteiger partial charge on any atom is -0.374 e. The SMILES string of the molecule is CC(OCCCNC(=O)Cc1nn(C)c(=O)c2ccccc12)c1ccccc1. The Balaban J connectivity index is 1.48. The van der Waals surface area contributed by atoms with E-state index in [0.717, 1.165) is 17.4 Å². The molecule has 0 aliphatic rings. The molecule has 0 fully saturated rings. The monoisotopic (exact) mass is 379 g/mol. The Kier molecular flexibility index (Phi) is 6.55. The fourth-order valence-corrected chi connectivity index (χ4v) is 3.10. The maximum Gasteiger partial charge on any atom is 0.274 e. The van der Waals surface area contributed by atoms with Crippen molar-refractivity contribution in [2.24, 2.45) is 7.05 Å². The highest BCUT2D eigenvalue weighted by Gasteiger charge is 2.12. The summed E-state index contributed by atoms with van der Waals surface area (Å²) in [5.41, 5.74) is 1.58. The van der Waals surface area contributed by atoms with Gasteiger partial charge in [-0.15, -0.1) is 0 Å². The molecular formula is C22H25N3O3. The minimum absolute atomic E-state index is 0.0260.